The maximum Gasteiger partial charge on any atom is 0.253 e. The molecule has 0 saturated carbocycles. The molecule has 1 atom stereocenters. The van der Waals surface area contributed by atoms with E-state index in [9.17, 15) is 9.59 Å². The molecule has 2 heterocycles. The number of hydrogen-bond acceptors (Lipinski definition) is 7. The molecular weight excluding hydrogens is 461 g/mol. The van der Waals surface area contributed by atoms with Gasteiger partial charge >= 0.3 is 0 Å². The van der Waals surface area contributed by atoms with Gasteiger partial charge in [-0.25, -0.2) is 15.0 Å². The Morgan fingerprint density at radius 2 is 1.94 bits per heavy atom. The van der Waals surface area contributed by atoms with Crippen molar-refractivity contribution in [1.82, 2.24) is 30.5 Å². The zero-order valence-corrected chi connectivity index (χ0v) is 18.9. The van der Waals surface area contributed by atoms with Crippen LogP contribution in [0.1, 0.15) is 36.1 Å². The number of aromatic amines is 1. The average molecular weight is 480 g/mol. The zero-order valence-electron chi connectivity index (χ0n) is 16.6. The number of nitrogens with zero attached hydrogens (tertiary/aromatic N) is 4. The van der Waals surface area contributed by atoms with E-state index in [-0.39, 0.29) is 34.5 Å². The van der Waals surface area contributed by atoms with E-state index < -0.39 is 6.04 Å². The number of anilines is 1. The molecule has 31 heavy (non-hydrogen) atoms. The van der Waals surface area contributed by atoms with Gasteiger partial charge in [-0.2, -0.15) is 0 Å². The highest BCUT2D eigenvalue weighted by Gasteiger charge is 2.24. The lowest BCUT2D eigenvalue weighted by atomic mass is 10.0. The van der Waals surface area contributed by atoms with Gasteiger partial charge in [0.25, 0.3) is 5.91 Å². The number of H-pyrrole nitrogens is 1. The van der Waals surface area contributed by atoms with Gasteiger partial charge in [-0.3, -0.25) is 20.0 Å². The summed E-state index contributed by atoms with van der Waals surface area (Å²) in [7, 11) is 0. The van der Waals surface area contributed by atoms with Crippen molar-refractivity contribution in [3.05, 3.63) is 58.1 Å². The molecule has 9 nitrogen and oxygen atoms in total. The molecule has 2 aromatic heterocycles. The van der Waals surface area contributed by atoms with E-state index in [0.29, 0.717) is 21.6 Å². The molecule has 3 rings (SSSR count). The van der Waals surface area contributed by atoms with E-state index >= 15 is 0 Å². The summed E-state index contributed by atoms with van der Waals surface area (Å²) in [6.07, 6.45) is 3.07. The molecule has 2 amide bonds. The van der Waals surface area contributed by atoms with Gasteiger partial charge in [0.05, 0.1) is 22.4 Å². The van der Waals surface area contributed by atoms with E-state index in [0.717, 1.165) is 11.8 Å². The second-order valence-corrected chi connectivity index (χ2v) is 8.52. The van der Waals surface area contributed by atoms with Crippen LogP contribution in [0, 0.1) is 5.92 Å². The van der Waals surface area contributed by atoms with Crippen LogP contribution in [0.15, 0.2) is 41.8 Å². The van der Waals surface area contributed by atoms with Crippen molar-refractivity contribution in [1.29, 1.82) is 0 Å². The molecule has 162 valence electrons. The standard InChI is InChI=1S/C19H19Cl2N7O2S/c1-10(2)15(25-17(30)12-5-4-11(20)8-13(12)21)16-26-19(28-27-16)31-9-14(29)24-18-22-6-3-7-23-18/h3-8,10,15H,9H2,1-2H3,(H,25,30)(H,26,27,28)(H,22,23,24,29)/t15-/m0/s1. The van der Waals surface area contributed by atoms with Gasteiger partial charge in [0.15, 0.2) is 0 Å². The van der Waals surface area contributed by atoms with Crippen LogP contribution in [0.4, 0.5) is 5.95 Å². The average Bonchev–Trinajstić information content (AvgIpc) is 3.19. The number of carbonyl (C=O) groups excluding carboxylic acids is 2. The molecular formula is C19H19Cl2N7O2S. The van der Waals surface area contributed by atoms with E-state index in [1.807, 2.05) is 13.8 Å². The second kappa shape index (κ2) is 10.6. The van der Waals surface area contributed by atoms with Crippen LogP contribution < -0.4 is 10.6 Å². The Balaban J connectivity index is 1.62. The highest BCUT2D eigenvalue weighted by molar-refractivity contribution is 7.99. The highest BCUT2D eigenvalue weighted by atomic mass is 35.5. The molecule has 12 heteroatoms. The summed E-state index contributed by atoms with van der Waals surface area (Å²) in [6.45, 7) is 3.88. The summed E-state index contributed by atoms with van der Waals surface area (Å²) in [6, 6.07) is 5.89. The topological polar surface area (TPSA) is 126 Å². The Bertz CT molecular complexity index is 1060. The normalized spacial score (nSPS) is 11.9. The summed E-state index contributed by atoms with van der Waals surface area (Å²) >= 11 is 13.2. The third kappa shape index (κ3) is 6.39. The molecule has 3 N–H and O–H groups in total. The van der Waals surface area contributed by atoms with Gasteiger partial charge in [-0.05, 0) is 30.2 Å². The Kier molecular flexibility index (Phi) is 7.83. The third-order valence-corrected chi connectivity index (χ3v) is 5.45. The van der Waals surface area contributed by atoms with Crippen LogP contribution in [0.5, 0.6) is 0 Å². The van der Waals surface area contributed by atoms with Gasteiger partial charge in [-0.15, -0.1) is 5.10 Å². The molecule has 0 saturated heterocycles. The first-order valence-electron chi connectivity index (χ1n) is 9.21. The fraction of sp³-hybridized carbons (Fsp3) is 0.263. The molecule has 0 aliphatic heterocycles. The lowest BCUT2D eigenvalue weighted by molar-refractivity contribution is -0.113. The van der Waals surface area contributed by atoms with Gasteiger partial charge in [-0.1, -0.05) is 48.8 Å². The van der Waals surface area contributed by atoms with Gasteiger partial charge in [0, 0.05) is 17.4 Å². The predicted molar refractivity (Wildman–Crippen MR) is 119 cm³/mol. The molecule has 0 aliphatic rings. The van der Waals surface area contributed by atoms with Crippen molar-refractivity contribution in [2.75, 3.05) is 11.1 Å². The van der Waals surface area contributed by atoms with E-state index in [1.54, 1.807) is 18.2 Å². The summed E-state index contributed by atoms with van der Waals surface area (Å²) in [5.41, 5.74) is 0.311. The minimum Gasteiger partial charge on any atom is -0.342 e. The van der Waals surface area contributed by atoms with E-state index in [4.69, 9.17) is 23.2 Å². The summed E-state index contributed by atoms with van der Waals surface area (Å²) < 4.78 is 0. The van der Waals surface area contributed by atoms with Crippen molar-refractivity contribution in [3.63, 3.8) is 0 Å². The third-order valence-electron chi connectivity index (χ3n) is 4.06. The van der Waals surface area contributed by atoms with Crippen LogP contribution >= 0.6 is 35.0 Å². The second-order valence-electron chi connectivity index (χ2n) is 6.73. The smallest absolute Gasteiger partial charge is 0.253 e. The number of rotatable bonds is 8. The van der Waals surface area contributed by atoms with Crippen molar-refractivity contribution >= 4 is 52.7 Å². The first kappa shape index (κ1) is 23.0. The van der Waals surface area contributed by atoms with Crippen molar-refractivity contribution < 1.29 is 9.59 Å². The molecule has 0 radical (unpaired) electrons. The van der Waals surface area contributed by atoms with Crippen LogP contribution in [0.25, 0.3) is 0 Å². The number of thioether (sulfide) groups is 1. The van der Waals surface area contributed by atoms with Crippen molar-refractivity contribution in [2.45, 2.75) is 25.0 Å². The number of aromatic nitrogens is 5. The van der Waals surface area contributed by atoms with Crippen LogP contribution in [-0.4, -0.2) is 42.7 Å². The summed E-state index contributed by atoms with van der Waals surface area (Å²) in [5.74, 6) is 0.158. The Hall–Kier alpha value is -2.69. The lowest BCUT2D eigenvalue weighted by Gasteiger charge is -2.20. The monoisotopic (exact) mass is 479 g/mol. The Labute approximate surface area is 192 Å². The Morgan fingerprint density at radius 3 is 2.61 bits per heavy atom. The molecule has 3 aromatic rings. The van der Waals surface area contributed by atoms with Crippen LogP contribution in [0.3, 0.4) is 0 Å². The first-order chi connectivity index (χ1) is 14.8. The molecule has 0 fully saturated rings. The highest BCUT2D eigenvalue weighted by Crippen LogP contribution is 2.25. The fourth-order valence-corrected chi connectivity index (χ4v) is 3.66. The molecule has 0 bridgehead atoms. The van der Waals surface area contributed by atoms with Gasteiger partial charge < -0.3 is 5.32 Å². The van der Waals surface area contributed by atoms with Gasteiger partial charge in [0.2, 0.25) is 17.0 Å². The number of nitrogens with one attached hydrogen (secondary N) is 3. The predicted octanol–water partition coefficient (Wildman–Crippen LogP) is 3.76. The van der Waals surface area contributed by atoms with E-state index in [1.165, 1.54) is 18.5 Å². The number of amides is 2. The first-order valence-corrected chi connectivity index (χ1v) is 11.0. The fourth-order valence-electron chi connectivity index (χ4n) is 2.56. The lowest BCUT2D eigenvalue weighted by Crippen LogP contribution is -2.32. The maximum absolute atomic E-state index is 12.7. The summed E-state index contributed by atoms with van der Waals surface area (Å²) in [4.78, 5) is 37.0. The molecule has 0 aliphatic carbocycles. The molecule has 0 spiro atoms. The van der Waals surface area contributed by atoms with Crippen LogP contribution in [-0.2, 0) is 4.79 Å². The minimum absolute atomic E-state index is 0.0133. The van der Waals surface area contributed by atoms with Crippen molar-refractivity contribution in [2.24, 2.45) is 5.92 Å². The number of carbonyl (C=O) groups is 2. The quantitative estimate of drug-likeness (QED) is 0.419. The maximum atomic E-state index is 12.7. The SMILES string of the molecule is CC(C)[C@H](NC(=O)c1ccc(Cl)cc1Cl)c1nc(SCC(=O)Nc2ncccn2)n[nH]1. The molecule has 1 aromatic carbocycles. The number of hydrogen-bond donors (Lipinski definition) is 3. The van der Waals surface area contributed by atoms with E-state index in [2.05, 4.69) is 35.8 Å². The molecule has 0 unspecified atom stereocenters. The van der Waals surface area contributed by atoms with Crippen LogP contribution in [0.2, 0.25) is 10.0 Å². The zero-order chi connectivity index (χ0) is 22.4. The number of halogens is 2. The summed E-state index contributed by atoms with van der Waals surface area (Å²) in [5, 5.41) is 13.5. The minimum atomic E-state index is -0.437. The number of benzene rings is 1. The largest absolute Gasteiger partial charge is 0.342 e. The Morgan fingerprint density at radius 1 is 1.19 bits per heavy atom. The van der Waals surface area contributed by atoms with Crippen molar-refractivity contribution in [3.8, 4) is 0 Å². The van der Waals surface area contributed by atoms with Gasteiger partial charge in [0.1, 0.15) is 5.82 Å².